The van der Waals surface area contributed by atoms with Crippen LogP contribution < -0.4 is 5.32 Å². The van der Waals surface area contributed by atoms with E-state index in [0.29, 0.717) is 17.7 Å². The van der Waals surface area contributed by atoms with E-state index >= 15 is 0 Å². The van der Waals surface area contributed by atoms with Crippen molar-refractivity contribution in [1.82, 2.24) is 10.2 Å². The zero-order valence-corrected chi connectivity index (χ0v) is 21.2. The summed E-state index contributed by atoms with van der Waals surface area (Å²) in [5.74, 6) is -1.71. The molecule has 0 aliphatic carbocycles. The Morgan fingerprint density at radius 1 is 0.769 bits per heavy atom. The van der Waals surface area contributed by atoms with Gasteiger partial charge in [-0.1, -0.05) is 78.9 Å². The van der Waals surface area contributed by atoms with Gasteiger partial charge in [-0.25, -0.2) is 4.79 Å². The molecular formula is C31H27F3N2O3. The van der Waals surface area contributed by atoms with Gasteiger partial charge in [0.2, 0.25) is 0 Å². The normalized spacial score (nSPS) is 12.2. The van der Waals surface area contributed by atoms with Crippen molar-refractivity contribution in [3.63, 3.8) is 0 Å². The largest absolute Gasteiger partial charge is 0.480 e. The first-order chi connectivity index (χ1) is 18.6. The fourth-order valence-corrected chi connectivity index (χ4v) is 4.21. The number of hydrogen-bond donors (Lipinski definition) is 2. The molecule has 0 heterocycles. The van der Waals surface area contributed by atoms with Crippen molar-refractivity contribution in [2.75, 3.05) is 13.6 Å². The standard InChI is InChI=1S/C31H27F3N2O3/c1-36(19-21-7-9-23(10-8-21)22-5-3-2-4-6-22)20-28(30(38)39)35-29(37)26-13-11-24(12-14-26)25-15-17-27(18-16-25)31(32,33)34/h2-18,28H,19-20H2,1H3,(H,35,37)(H,38,39). The first kappa shape index (κ1) is 27.6. The summed E-state index contributed by atoms with van der Waals surface area (Å²) in [5.41, 5.74) is 3.91. The molecule has 0 bridgehead atoms. The maximum atomic E-state index is 12.8. The number of rotatable bonds is 9. The molecule has 4 rings (SSSR count). The van der Waals surface area contributed by atoms with Crippen LogP contribution in [-0.2, 0) is 17.5 Å². The second-order valence-corrected chi connectivity index (χ2v) is 9.28. The van der Waals surface area contributed by atoms with Crippen molar-refractivity contribution < 1.29 is 27.9 Å². The Hall–Kier alpha value is -4.43. The number of carboxylic acids is 1. The van der Waals surface area contributed by atoms with Gasteiger partial charge in [-0.05, 0) is 59.1 Å². The third-order valence-electron chi connectivity index (χ3n) is 6.30. The van der Waals surface area contributed by atoms with Gasteiger partial charge in [0.25, 0.3) is 5.91 Å². The van der Waals surface area contributed by atoms with Crippen LogP contribution in [0.25, 0.3) is 22.3 Å². The number of halogens is 3. The molecule has 0 aromatic heterocycles. The minimum atomic E-state index is -4.41. The van der Waals surface area contributed by atoms with Crippen molar-refractivity contribution >= 4 is 11.9 Å². The van der Waals surface area contributed by atoms with Gasteiger partial charge in [0, 0.05) is 18.7 Å². The van der Waals surface area contributed by atoms with E-state index in [1.807, 2.05) is 59.5 Å². The molecule has 0 aliphatic rings. The van der Waals surface area contributed by atoms with Crippen LogP contribution in [0.1, 0.15) is 21.5 Å². The fraction of sp³-hybridized carbons (Fsp3) is 0.161. The highest BCUT2D eigenvalue weighted by Crippen LogP contribution is 2.31. The topological polar surface area (TPSA) is 69.6 Å². The lowest BCUT2D eigenvalue weighted by atomic mass is 10.0. The van der Waals surface area contributed by atoms with E-state index in [1.54, 1.807) is 19.2 Å². The van der Waals surface area contributed by atoms with Gasteiger partial charge in [0.1, 0.15) is 6.04 Å². The van der Waals surface area contributed by atoms with Crippen LogP contribution in [0.2, 0.25) is 0 Å². The number of carbonyl (C=O) groups is 2. The molecule has 200 valence electrons. The lowest BCUT2D eigenvalue weighted by Crippen LogP contribution is -2.47. The minimum Gasteiger partial charge on any atom is -0.480 e. The first-order valence-electron chi connectivity index (χ1n) is 12.2. The van der Waals surface area contributed by atoms with E-state index in [2.05, 4.69) is 5.32 Å². The number of likely N-dealkylation sites (N-methyl/N-ethyl adjacent to an activating group) is 1. The monoisotopic (exact) mass is 532 g/mol. The second kappa shape index (κ2) is 12.0. The van der Waals surface area contributed by atoms with Gasteiger partial charge < -0.3 is 10.4 Å². The summed E-state index contributed by atoms with van der Waals surface area (Å²) >= 11 is 0. The highest BCUT2D eigenvalue weighted by Gasteiger charge is 2.30. The van der Waals surface area contributed by atoms with Gasteiger partial charge in [-0.2, -0.15) is 13.2 Å². The lowest BCUT2D eigenvalue weighted by Gasteiger charge is -2.22. The van der Waals surface area contributed by atoms with Gasteiger partial charge in [-0.3, -0.25) is 9.69 Å². The quantitative estimate of drug-likeness (QED) is 0.263. The molecule has 4 aromatic carbocycles. The molecule has 1 amide bonds. The molecule has 0 aliphatic heterocycles. The number of nitrogens with zero attached hydrogens (tertiary/aromatic N) is 1. The number of amides is 1. The number of nitrogens with one attached hydrogen (secondary N) is 1. The van der Waals surface area contributed by atoms with Crippen LogP contribution in [0.4, 0.5) is 13.2 Å². The van der Waals surface area contributed by atoms with Crippen molar-refractivity contribution in [2.24, 2.45) is 0 Å². The highest BCUT2D eigenvalue weighted by atomic mass is 19.4. The van der Waals surface area contributed by atoms with Crippen LogP contribution in [-0.4, -0.2) is 41.5 Å². The molecule has 0 saturated heterocycles. The minimum absolute atomic E-state index is 0.0884. The number of carboxylic acid groups (broad SMARTS) is 1. The molecule has 0 spiro atoms. The highest BCUT2D eigenvalue weighted by molar-refractivity contribution is 5.97. The molecule has 1 atom stereocenters. The van der Waals surface area contributed by atoms with E-state index in [4.69, 9.17) is 0 Å². The summed E-state index contributed by atoms with van der Waals surface area (Å²) in [5, 5.41) is 12.3. The average Bonchev–Trinajstić information content (AvgIpc) is 2.93. The summed E-state index contributed by atoms with van der Waals surface area (Å²) in [4.78, 5) is 26.5. The Balaban J connectivity index is 1.35. The predicted molar refractivity (Wildman–Crippen MR) is 144 cm³/mol. The zero-order chi connectivity index (χ0) is 28.0. The molecule has 0 radical (unpaired) electrons. The predicted octanol–water partition coefficient (Wildman–Crippen LogP) is 6.35. The lowest BCUT2D eigenvalue weighted by molar-refractivity contribution is -0.140. The van der Waals surface area contributed by atoms with Crippen LogP contribution >= 0.6 is 0 Å². The van der Waals surface area contributed by atoms with E-state index < -0.39 is 29.7 Å². The smallest absolute Gasteiger partial charge is 0.416 e. The number of alkyl halides is 3. The van der Waals surface area contributed by atoms with Crippen LogP contribution in [0.15, 0.2) is 103 Å². The van der Waals surface area contributed by atoms with E-state index in [-0.39, 0.29) is 12.1 Å². The average molecular weight is 533 g/mol. The second-order valence-electron chi connectivity index (χ2n) is 9.28. The number of carbonyl (C=O) groups excluding carboxylic acids is 1. The molecule has 4 aromatic rings. The van der Waals surface area contributed by atoms with E-state index in [9.17, 15) is 27.9 Å². The summed E-state index contributed by atoms with van der Waals surface area (Å²) in [6, 6.07) is 27.8. The summed E-state index contributed by atoms with van der Waals surface area (Å²) in [7, 11) is 1.78. The molecular weight excluding hydrogens is 505 g/mol. The number of hydrogen-bond acceptors (Lipinski definition) is 3. The zero-order valence-electron chi connectivity index (χ0n) is 21.2. The molecule has 0 fully saturated rings. The van der Waals surface area contributed by atoms with Crippen LogP contribution in [0.5, 0.6) is 0 Å². The molecule has 8 heteroatoms. The molecule has 1 unspecified atom stereocenters. The van der Waals surface area contributed by atoms with Gasteiger partial charge in [-0.15, -0.1) is 0 Å². The summed E-state index contributed by atoms with van der Waals surface area (Å²) in [6.45, 7) is 0.585. The van der Waals surface area contributed by atoms with Gasteiger partial charge >= 0.3 is 12.1 Å². The molecule has 39 heavy (non-hydrogen) atoms. The van der Waals surface area contributed by atoms with Crippen molar-refractivity contribution in [3.05, 3.63) is 120 Å². The van der Waals surface area contributed by atoms with Crippen LogP contribution in [0, 0.1) is 0 Å². The number of aliphatic carboxylic acids is 1. The summed E-state index contributed by atoms with van der Waals surface area (Å²) < 4.78 is 38.4. The van der Waals surface area contributed by atoms with Crippen LogP contribution in [0.3, 0.4) is 0 Å². The Bertz CT molecular complexity index is 1400. The van der Waals surface area contributed by atoms with Gasteiger partial charge in [0.15, 0.2) is 0 Å². The van der Waals surface area contributed by atoms with E-state index in [0.717, 1.165) is 28.8 Å². The van der Waals surface area contributed by atoms with Crippen molar-refractivity contribution in [1.29, 1.82) is 0 Å². The van der Waals surface area contributed by atoms with Gasteiger partial charge in [0.05, 0.1) is 5.56 Å². The molecule has 5 nitrogen and oxygen atoms in total. The third-order valence-corrected chi connectivity index (χ3v) is 6.30. The van der Waals surface area contributed by atoms with Crippen molar-refractivity contribution in [3.8, 4) is 22.3 Å². The SMILES string of the molecule is CN(Cc1ccc(-c2ccccc2)cc1)CC(NC(=O)c1ccc(-c2ccc(C(F)(F)F)cc2)cc1)C(=O)O. The maximum absolute atomic E-state index is 12.8. The fourth-order valence-electron chi connectivity index (χ4n) is 4.21. The molecule has 0 saturated carbocycles. The summed E-state index contributed by atoms with van der Waals surface area (Å²) in [6.07, 6.45) is -4.41. The maximum Gasteiger partial charge on any atom is 0.416 e. The Labute approximate surface area is 224 Å². The first-order valence-corrected chi connectivity index (χ1v) is 12.2. The Morgan fingerprint density at radius 3 is 1.77 bits per heavy atom. The van der Waals surface area contributed by atoms with E-state index in [1.165, 1.54) is 24.3 Å². The Morgan fingerprint density at radius 2 is 1.26 bits per heavy atom. The third kappa shape index (κ3) is 7.33. The number of benzene rings is 4. The van der Waals surface area contributed by atoms with Crippen molar-refractivity contribution in [2.45, 2.75) is 18.8 Å². The Kier molecular flexibility index (Phi) is 8.46. The molecule has 2 N–H and O–H groups in total.